The molecule has 0 saturated heterocycles. The number of benzene rings is 1. The van der Waals surface area contributed by atoms with Gasteiger partial charge < -0.3 is 4.18 Å². The zero-order valence-corrected chi connectivity index (χ0v) is 15.3. The van der Waals surface area contributed by atoms with E-state index in [4.69, 9.17) is 4.18 Å². The molecular weight excluding hydrogens is 308 g/mol. The normalized spacial score (nSPS) is 11.5. The monoisotopic (exact) mass is 340 g/mol. The van der Waals surface area contributed by atoms with E-state index in [-0.39, 0.29) is 5.75 Å². The largest absolute Gasteiger partial charge is 0.382 e. The van der Waals surface area contributed by atoms with E-state index in [1.165, 1.54) is 51.4 Å². The molecule has 0 aliphatic carbocycles. The third-order valence-corrected chi connectivity index (χ3v) is 5.20. The quantitative estimate of drug-likeness (QED) is 0.322. The lowest BCUT2D eigenvalue weighted by Crippen LogP contribution is -2.13. The average Bonchev–Trinajstić information content (AvgIpc) is 2.53. The Morgan fingerprint density at radius 3 is 1.74 bits per heavy atom. The van der Waals surface area contributed by atoms with Crippen molar-refractivity contribution < 1.29 is 12.6 Å². The van der Waals surface area contributed by atoms with Gasteiger partial charge in [0.1, 0.15) is 5.75 Å². The van der Waals surface area contributed by atoms with Crippen molar-refractivity contribution in [3.63, 3.8) is 0 Å². The predicted octanol–water partition coefficient (Wildman–Crippen LogP) is 5.71. The summed E-state index contributed by atoms with van der Waals surface area (Å²) >= 11 is 0. The highest BCUT2D eigenvalue weighted by Crippen LogP contribution is 2.14. The van der Waals surface area contributed by atoms with E-state index in [9.17, 15) is 8.42 Å². The summed E-state index contributed by atoms with van der Waals surface area (Å²) in [4.78, 5) is 0. The van der Waals surface area contributed by atoms with Gasteiger partial charge in [-0.3, -0.25) is 0 Å². The Labute approximate surface area is 142 Å². The second-order valence-corrected chi connectivity index (χ2v) is 7.88. The van der Waals surface area contributed by atoms with Crippen LogP contribution in [-0.4, -0.2) is 14.2 Å². The van der Waals surface area contributed by atoms with Crippen LogP contribution in [-0.2, 0) is 10.1 Å². The number of hydrogen-bond acceptors (Lipinski definition) is 3. The number of unbranched alkanes of at least 4 members (excludes halogenated alkanes) is 10. The van der Waals surface area contributed by atoms with Crippen molar-refractivity contribution in [3.8, 4) is 5.75 Å². The third-order valence-electron chi connectivity index (χ3n) is 3.96. The standard InChI is InChI=1S/C19H32O3S/c1-2-3-4-5-6-7-8-9-10-11-15-18-23(20,21)22-19-16-13-12-14-17-19/h12-14,16-17H,2-11,15,18H2,1H3. The van der Waals surface area contributed by atoms with Crippen LogP contribution in [0.2, 0.25) is 0 Å². The lowest BCUT2D eigenvalue weighted by Gasteiger charge is -2.06. The topological polar surface area (TPSA) is 43.4 Å². The molecule has 0 fully saturated rings. The highest BCUT2D eigenvalue weighted by molar-refractivity contribution is 7.87. The van der Waals surface area contributed by atoms with Gasteiger partial charge in [-0.25, -0.2) is 0 Å². The molecule has 0 atom stereocenters. The SMILES string of the molecule is CCCCCCCCCCCCCS(=O)(=O)Oc1ccccc1. The van der Waals surface area contributed by atoms with Gasteiger partial charge >= 0.3 is 10.1 Å². The van der Waals surface area contributed by atoms with Gasteiger partial charge in [-0.15, -0.1) is 0 Å². The summed E-state index contributed by atoms with van der Waals surface area (Å²) in [5, 5.41) is 0. The molecular formula is C19H32O3S. The maximum Gasteiger partial charge on any atom is 0.309 e. The van der Waals surface area contributed by atoms with Gasteiger partial charge in [0.2, 0.25) is 0 Å². The lowest BCUT2D eigenvalue weighted by atomic mass is 10.1. The molecule has 4 heteroatoms. The van der Waals surface area contributed by atoms with Crippen LogP contribution in [0.25, 0.3) is 0 Å². The Bertz CT molecular complexity index is 483. The third kappa shape index (κ3) is 11.2. The Kier molecular flexibility index (Phi) is 10.8. The van der Waals surface area contributed by atoms with Gasteiger partial charge in [0.15, 0.2) is 0 Å². The molecule has 0 radical (unpaired) electrons. The predicted molar refractivity (Wildman–Crippen MR) is 97.3 cm³/mol. The fourth-order valence-corrected chi connectivity index (χ4v) is 3.65. The summed E-state index contributed by atoms with van der Waals surface area (Å²) in [6.45, 7) is 2.24. The molecule has 132 valence electrons. The van der Waals surface area contributed by atoms with E-state index < -0.39 is 10.1 Å². The molecule has 0 spiro atoms. The first-order chi connectivity index (χ1) is 11.1. The summed E-state index contributed by atoms with van der Waals surface area (Å²) in [7, 11) is -3.44. The minimum Gasteiger partial charge on any atom is -0.382 e. The van der Waals surface area contributed by atoms with Crippen LogP contribution >= 0.6 is 0 Å². The van der Waals surface area contributed by atoms with Crippen molar-refractivity contribution in [1.29, 1.82) is 0 Å². The van der Waals surface area contributed by atoms with Crippen LogP contribution in [0.1, 0.15) is 77.6 Å². The zero-order valence-electron chi connectivity index (χ0n) is 14.5. The maximum absolute atomic E-state index is 11.8. The van der Waals surface area contributed by atoms with Crippen LogP contribution in [0.5, 0.6) is 5.75 Å². The first kappa shape index (κ1) is 20.0. The molecule has 0 unspecified atom stereocenters. The van der Waals surface area contributed by atoms with Gasteiger partial charge in [-0.2, -0.15) is 8.42 Å². The molecule has 0 aliphatic rings. The molecule has 0 heterocycles. The van der Waals surface area contributed by atoms with Crippen molar-refractivity contribution in [1.82, 2.24) is 0 Å². The first-order valence-corrected chi connectivity index (χ1v) is 10.7. The Hall–Kier alpha value is -1.03. The van der Waals surface area contributed by atoms with Crippen LogP contribution in [0.4, 0.5) is 0 Å². The zero-order chi connectivity index (χ0) is 16.8. The average molecular weight is 341 g/mol. The number of rotatable bonds is 14. The van der Waals surface area contributed by atoms with Crippen LogP contribution < -0.4 is 4.18 Å². The number of hydrogen-bond donors (Lipinski definition) is 0. The molecule has 0 amide bonds. The highest BCUT2D eigenvalue weighted by atomic mass is 32.2. The van der Waals surface area contributed by atoms with E-state index in [2.05, 4.69) is 6.92 Å². The van der Waals surface area contributed by atoms with Crippen LogP contribution in [0.15, 0.2) is 30.3 Å². The molecule has 1 rings (SSSR count). The fraction of sp³-hybridized carbons (Fsp3) is 0.684. The van der Waals surface area contributed by atoms with E-state index in [1.807, 2.05) is 6.07 Å². The van der Waals surface area contributed by atoms with Gasteiger partial charge in [-0.1, -0.05) is 89.3 Å². The van der Waals surface area contributed by atoms with Gasteiger partial charge in [0.25, 0.3) is 0 Å². The van der Waals surface area contributed by atoms with Crippen molar-refractivity contribution in [3.05, 3.63) is 30.3 Å². The van der Waals surface area contributed by atoms with E-state index in [0.717, 1.165) is 12.8 Å². The Balaban J connectivity index is 1.98. The molecule has 0 saturated carbocycles. The molecule has 1 aromatic carbocycles. The van der Waals surface area contributed by atoms with Crippen molar-refractivity contribution >= 4 is 10.1 Å². The second kappa shape index (κ2) is 12.4. The summed E-state index contributed by atoms with van der Waals surface area (Å²) in [6, 6.07) is 8.71. The molecule has 23 heavy (non-hydrogen) atoms. The summed E-state index contributed by atoms with van der Waals surface area (Å²) in [5.74, 6) is 0.509. The second-order valence-electron chi connectivity index (χ2n) is 6.19. The minimum atomic E-state index is -3.44. The summed E-state index contributed by atoms with van der Waals surface area (Å²) in [6.07, 6.45) is 13.3. The molecule has 0 N–H and O–H groups in total. The lowest BCUT2D eigenvalue weighted by molar-refractivity contribution is 0.481. The maximum atomic E-state index is 11.8. The van der Waals surface area contributed by atoms with Gasteiger partial charge in [0.05, 0.1) is 5.75 Å². The fourth-order valence-electron chi connectivity index (χ4n) is 2.61. The van der Waals surface area contributed by atoms with Crippen LogP contribution in [0.3, 0.4) is 0 Å². The summed E-state index contributed by atoms with van der Waals surface area (Å²) in [5.41, 5.74) is 0. The minimum absolute atomic E-state index is 0.110. The number of para-hydroxylation sites is 1. The van der Waals surface area contributed by atoms with E-state index in [1.54, 1.807) is 24.3 Å². The molecule has 0 aliphatic heterocycles. The first-order valence-electron chi connectivity index (χ1n) is 9.11. The molecule has 3 nitrogen and oxygen atoms in total. The van der Waals surface area contributed by atoms with E-state index in [0.29, 0.717) is 12.2 Å². The highest BCUT2D eigenvalue weighted by Gasteiger charge is 2.11. The molecule has 0 aromatic heterocycles. The summed E-state index contributed by atoms with van der Waals surface area (Å²) < 4.78 is 28.7. The Morgan fingerprint density at radius 2 is 1.22 bits per heavy atom. The van der Waals surface area contributed by atoms with E-state index >= 15 is 0 Å². The van der Waals surface area contributed by atoms with Gasteiger partial charge in [-0.05, 0) is 18.6 Å². The molecule has 1 aromatic rings. The van der Waals surface area contributed by atoms with Crippen molar-refractivity contribution in [2.45, 2.75) is 77.6 Å². The van der Waals surface area contributed by atoms with Crippen LogP contribution in [0, 0.1) is 0 Å². The van der Waals surface area contributed by atoms with Crippen molar-refractivity contribution in [2.24, 2.45) is 0 Å². The van der Waals surface area contributed by atoms with Crippen molar-refractivity contribution in [2.75, 3.05) is 5.75 Å². The Morgan fingerprint density at radius 1 is 0.739 bits per heavy atom. The molecule has 0 bridgehead atoms. The smallest absolute Gasteiger partial charge is 0.309 e. The van der Waals surface area contributed by atoms with Gasteiger partial charge in [0, 0.05) is 0 Å².